The van der Waals surface area contributed by atoms with Gasteiger partial charge in [-0.05, 0) is 54.5 Å². The number of alkyl halides is 3. The number of halogens is 3. The van der Waals surface area contributed by atoms with Gasteiger partial charge in [-0.25, -0.2) is 0 Å². The van der Waals surface area contributed by atoms with Crippen LogP contribution in [0, 0.1) is 0 Å². The molecular formula is C20H23F3N2. The standard InChI is InChI=1S/C20H23F3N2/c1-24-19-17(16-8-5-9-25-13-16)11-15(12-18(19)20(21,22)23)10-14-6-3-2-4-7-14/h2-4,6-7,11-12,16,24-25H,5,8-10,13H2,1H3. The van der Waals surface area contributed by atoms with Crippen molar-refractivity contribution < 1.29 is 13.2 Å². The lowest BCUT2D eigenvalue weighted by Crippen LogP contribution is -2.29. The molecule has 1 saturated heterocycles. The van der Waals surface area contributed by atoms with Crippen LogP contribution in [0.4, 0.5) is 18.9 Å². The van der Waals surface area contributed by atoms with Gasteiger partial charge in [0.15, 0.2) is 0 Å². The fraction of sp³-hybridized carbons (Fsp3) is 0.400. The average molecular weight is 348 g/mol. The third-order valence-electron chi connectivity index (χ3n) is 4.77. The van der Waals surface area contributed by atoms with Gasteiger partial charge in [-0.2, -0.15) is 13.2 Å². The van der Waals surface area contributed by atoms with E-state index >= 15 is 0 Å². The third kappa shape index (κ3) is 4.15. The number of hydrogen-bond donors (Lipinski definition) is 2. The molecule has 1 aliphatic heterocycles. The summed E-state index contributed by atoms with van der Waals surface area (Å²) in [6.07, 6.45) is -1.98. The normalized spacial score (nSPS) is 18.2. The number of hydrogen-bond acceptors (Lipinski definition) is 2. The van der Waals surface area contributed by atoms with Crippen LogP contribution in [-0.2, 0) is 12.6 Å². The van der Waals surface area contributed by atoms with E-state index < -0.39 is 11.7 Å². The van der Waals surface area contributed by atoms with Crippen molar-refractivity contribution in [2.75, 3.05) is 25.5 Å². The summed E-state index contributed by atoms with van der Waals surface area (Å²) in [5.74, 6) is 0.105. The predicted molar refractivity (Wildman–Crippen MR) is 95.1 cm³/mol. The van der Waals surface area contributed by atoms with Crippen LogP contribution in [0.1, 0.15) is 41.0 Å². The molecule has 1 unspecified atom stereocenters. The molecule has 25 heavy (non-hydrogen) atoms. The Bertz CT molecular complexity index is 705. The first kappa shape index (κ1) is 17.8. The molecule has 5 heteroatoms. The van der Waals surface area contributed by atoms with Crippen molar-refractivity contribution in [3.8, 4) is 0 Å². The number of nitrogens with one attached hydrogen (secondary N) is 2. The summed E-state index contributed by atoms with van der Waals surface area (Å²) in [6, 6.07) is 12.9. The monoisotopic (exact) mass is 348 g/mol. The van der Waals surface area contributed by atoms with Gasteiger partial charge >= 0.3 is 6.18 Å². The summed E-state index contributed by atoms with van der Waals surface area (Å²) in [6.45, 7) is 1.65. The Labute approximate surface area is 146 Å². The molecule has 0 spiro atoms. The molecule has 0 aromatic heterocycles. The zero-order valence-electron chi connectivity index (χ0n) is 14.3. The van der Waals surface area contributed by atoms with E-state index in [1.807, 2.05) is 36.4 Å². The highest BCUT2D eigenvalue weighted by molar-refractivity contribution is 5.62. The molecule has 2 aromatic carbocycles. The highest BCUT2D eigenvalue weighted by Gasteiger charge is 2.36. The van der Waals surface area contributed by atoms with E-state index in [0.29, 0.717) is 12.0 Å². The van der Waals surface area contributed by atoms with E-state index in [0.717, 1.165) is 37.1 Å². The Morgan fingerprint density at radius 1 is 1.12 bits per heavy atom. The molecule has 0 saturated carbocycles. The van der Waals surface area contributed by atoms with Gasteiger partial charge in [0.25, 0.3) is 0 Å². The van der Waals surface area contributed by atoms with Crippen molar-refractivity contribution >= 4 is 5.69 Å². The quantitative estimate of drug-likeness (QED) is 0.829. The maximum Gasteiger partial charge on any atom is 0.418 e. The summed E-state index contributed by atoms with van der Waals surface area (Å²) in [4.78, 5) is 0. The minimum absolute atomic E-state index is 0.105. The molecule has 3 rings (SSSR count). The Morgan fingerprint density at radius 3 is 2.48 bits per heavy atom. The van der Waals surface area contributed by atoms with Crippen molar-refractivity contribution in [2.45, 2.75) is 31.4 Å². The zero-order valence-corrected chi connectivity index (χ0v) is 14.3. The van der Waals surface area contributed by atoms with Crippen molar-refractivity contribution in [3.63, 3.8) is 0 Å². The van der Waals surface area contributed by atoms with E-state index in [9.17, 15) is 13.2 Å². The molecule has 1 fully saturated rings. The second-order valence-corrected chi connectivity index (χ2v) is 6.56. The summed E-state index contributed by atoms with van der Waals surface area (Å²) in [5, 5.41) is 6.11. The molecule has 0 bridgehead atoms. The molecule has 2 N–H and O–H groups in total. The number of piperidine rings is 1. The molecule has 0 aliphatic carbocycles. The summed E-state index contributed by atoms with van der Waals surface area (Å²) in [5.41, 5.74) is 2.15. The lowest BCUT2D eigenvalue weighted by molar-refractivity contribution is -0.137. The van der Waals surface area contributed by atoms with Crippen LogP contribution in [-0.4, -0.2) is 20.1 Å². The zero-order chi connectivity index (χ0) is 17.9. The second kappa shape index (κ2) is 7.48. The van der Waals surface area contributed by atoms with E-state index in [-0.39, 0.29) is 11.6 Å². The predicted octanol–water partition coefficient (Wildman–Crippen LogP) is 4.80. The fourth-order valence-corrected chi connectivity index (χ4v) is 3.60. The van der Waals surface area contributed by atoms with Crippen LogP contribution in [0.2, 0.25) is 0 Å². The summed E-state index contributed by atoms with van der Waals surface area (Å²) >= 11 is 0. The Hall–Kier alpha value is -2.01. The van der Waals surface area contributed by atoms with E-state index in [1.165, 1.54) is 6.07 Å². The number of rotatable bonds is 4. The number of benzene rings is 2. The Morgan fingerprint density at radius 2 is 1.88 bits per heavy atom. The van der Waals surface area contributed by atoms with Gasteiger partial charge in [-0.3, -0.25) is 0 Å². The molecule has 0 radical (unpaired) electrons. The average Bonchev–Trinajstić information content (AvgIpc) is 2.62. The fourth-order valence-electron chi connectivity index (χ4n) is 3.60. The van der Waals surface area contributed by atoms with Crippen molar-refractivity contribution in [1.29, 1.82) is 0 Å². The van der Waals surface area contributed by atoms with Crippen LogP contribution in [0.3, 0.4) is 0 Å². The lowest BCUT2D eigenvalue weighted by atomic mass is 9.86. The highest BCUT2D eigenvalue weighted by atomic mass is 19.4. The Kier molecular flexibility index (Phi) is 5.33. The van der Waals surface area contributed by atoms with Crippen LogP contribution in [0.25, 0.3) is 0 Å². The third-order valence-corrected chi connectivity index (χ3v) is 4.77. The van der Waals surface area contributed by atoms with Gasteiger partial charge in [0.2, 0.25) is 0 Å². The lowest BCUT2D eigenvalue weighted by Gasteiger charge is -2.28. The topological polar surface area (TPSA) is 24.1 Å². The van der Waals surface area contributed by atoms with Gasteiger partial charge < -0.3 is 10.6 Å². The molecule has 134 valence electrons. The van der Waals surface area contributed by atoms with E-state index in [1.54, 1.807) is 7.05 Å². The number of anilines is 1. The van der Waals surface area contributed by atoms with Crippen molar-refractivity contribution in [1.82, 2.24) is 5.32 Å². The van der Waals surface area contributed by atoms with Crippen LogP contribution < -0.4 is 10.6 Å². The van der Waals surface area contributed by atoms with Gasteiger partial charge in [0.1, 0.15) is 0 Å². The Balaban J connectivity index is 2.06. The van der Waals surface area contributed by atoms with Crippen LogP contribution >= 0.6 is 0 Å². The molecule has 2 nitrogen and oxygen atoms in total. The van der Waals surface area contributed by atoms with Crippen molar-refractivity contribution in [2.24, 2.45) is 0 Å². The second-order valence-electron chi connectivity index (χ2n) is 6.56. The van der Waals surface area contributed by atoms with E-state index in [4.69, 9.17) is 0 Å². The largest absolute Gasteiger partial charge is 0.418 e. The van der Waals surface area contributed by atoms with Crippen LogP contribution in [0.15, 0.2) is 42.5 Å². The molecule has 0 amide bonds. The summed E-state index contributed by atoms with van der Waals surface area (Å²) in [7, 11) is 1.57. The molecule has 1 aliphatic rings. The molecule has 2 aromatic rings. The SMILES string of the molecule is CNc1c(C2CCCNC2)cc(Cc2ccccc2)cc1C(F)(F)F. The van der Waals surface area contributed by atoms with Crippen molar-refractivity contribution in [3.05, 3.63) is 64.7 Å². The maximum absolute atomic E-state index is 13.6. The van der Waals surface area contributed by atoms with E-state index in [2.05, 4.69) is 10.6 Å². The first-order valence-electron chi connectivity index (χ1n) is 8.65. The highest BCUT2D eigenvalue weighted by Crippen LogP contribution is 2.41. The minimum Gasteiger partial charge on any atom is -0.387 e. The molecule has 1 atom stereocenters. The molecule has 1 heterocycles. The van der Waals surface area contributed by atoms with Gasteiger partial charge in [0, 0.05) is 19.3 Å². The van der Waals surface area contributed by atoms with Gasteiger partial charge in [-0.15, -0.1) is 0 Å². The summed E-state index contributed by atoms with van der Waals surface area (Å²) < 4.78 is 40.9. The maximum atomic E-state index is 13.6. The van der Waals surface area contributed by atoms with Crippen LogP contribution in [0.5, 0.6) is 0 Å². The first-order valence-corrected chi connectivity index (χ1v) is 8.65. The van der Waals surface area contributed by atoms with Gasteiger partial charge in [0.05, 0.1) is 5.56 Å². The van der Waals surface area contributed by atoms with Gasteiger partial charge in [-0.1, -0.05) is 36.4 Å². The minimum atomic E-state index is -4.37. The molecular weight excluding hydrogens is 325 g/mol. The smallest absolute Gasteiger partial charge is 0.387 e. The first-order chi connectivity index (χ1) is 12.0.